The number of hydrogen-bond donors (Lipinski definition) is 2. The predicted octanol–water partition coefficient (Wildman–Crippen LogP) is 4.44. The van der Waals surface area contributed by atoms with E-state index in [-0.39, 0.29) is 17.7 Å². The van der Waals surface area contributed by atoms with Gasteiger partial charge in [0.15, 0.2) is 0 Å². The summed E-state index contributed by atoms with van der Waals surface area (Å²) in [6, 6.07) is 17.1. The van der Waals surface area contributed by atoms with Gasteiger partial charge in [0.1, 0.15) is 11.4 Å². The first-order valence-corrected chi connectivity index (χ1v) is 9.21. The number of benzene rings is 2. The second-order valence-electron chi connectivity index (χ2n) is 6.72. The van der Waals surface area contributed by atoms with E-state index in [1.807, 2.05) is 51.1 Å². The van der Waals surface area contributed by atoms with E-state index in [0.717, 1.165) is 5.56 Å². The average Bonchev–Trinajstić information content (AvgIpc) is 2.69. The Morgan fingerprint density at radius 2 is 1.82 bits per heavy atom. The van der Waals surface area contributed by atoms with E-state index in [1.165, 1.54) is 5.56 Å². The third-order valence-corrected chi connectivity index (χ3v) is 3.96. The molecule has 0 unspecified atom stereocenters. The highest BCUT2D eigenvalue weighted by Crippen LogP contribution is 2.25. The summed E-state index contributed by atoms with van der Waals surface area (Å²) in [6.07, 6.45) is 1.57. The highest BCUT2D eigenvalue weighted by atomic mass is 16.5. The minimum atomic E-state index is -0.319. The second kappa shape index (κ2) is 8.99. The number of aryl methyl sites for hydroxylation is 1. The molecule has 0 fully saturated rings. The van der Waals surface area contributed by atoms with Crippen molar-refractivity contribution in [1.82, 2.24) is 9.97 Å². The summed E-state index contributed by atoms with van der Waals surface area (Å²) in [6.45, 7) is 6.51. The van der Waals surface area contributed by atoms with Gasteiger partial charge in [0.25, 0.3) is 5.91 Å². The van der Waals surface area contributed by atoms with Crippen LogP contribution in [-0.4, -0.2) is 22.0 Å². The lowest BCUT2D eigenvalue weighted by Crippen LogP contribution is -2.17. The van der Waals surface area contributed by atoms with Crippen LogP contribution in [0, 0.1) is 6.92 Å². The summed E-state index contributed by atoms with van der Waals surface area (Å²) < 4.78 is 5.74. The fraction of sp³-hybridized carbons (Fsp3) is 0.227. The van der Waals surface area contributed by atoms with Crippen molar-refractivity contribution in [1.29, 1.82) is 0 Å². The molecule has 3 rings (SSSR count). The molecule has 0 radical (unpaired) electrons. The molecule has 0 saturated heterocycles. The topological polar surface area (TPSA) is 76.1 Å². The van der Waals surface area contributed by atoms with Crippen LogP contribution in [0.1, 0.15) is 35.5 Å². The van der Waals surface area contributed by atoms with Gasteiger partial charge in [-0.1, -0.05) is 42.0 Å². The summed E-state index contributed by atoms with van der Waals surface area (Å²) in [5.74, 6) is 0.707. The van der Waals surface area contributed by atoms with Gasteiger partial charge in [0, 0.05) is 12.7 Å². The van der Waals surface area contributed by atoms with Gasteiger partial charge in [-0.15, -0.1) is 0 Å². The molecule has 2 aromatic carbocycles. The lowest BCUT2D eigenvalue weighted by atomic mass is 10.1. The summed E-state index contributed by atoms with van der Waals surface area (Å²) in [5.41, 5.74) is 3.21. The standard InChI is InChI=1S/C22H24N4O2/c1-15(2)28-20-7-5-4-6-18(20)25-21(27)19-12-13-23-22(26-19)24-14-17-10-8-16(3)9-11-17/h4-13,15H,14H2,1-3H3,(H,25,27)(H,23,24,26). The van der Waals surface area contributed by atoms with E-state index >= 15 is 0 Å². The van der Waals surface area contributed by atoms with Gasteiger partial charge in [-0.25, -0.2) is 9.97 Å². The normalized spacial score (nSPS) is 10.6. The zero-order chi connectivity index (χ0) is 19.9. The Morgan fingerprint density at radius 3 is 2.57 bits per heavy atom. The molecule has 1 amide bonds. The number of para-hydroxylation sites is 2. The third-order valence-electron chi connectivity index (χ3n) is 3.96. The fourth-order valence-electron chi connectivity index (χ4n) is 2.57. The van der Waals surface area contributed by atoms with E-state index in [0.29, 0.717) is 23.9 Å². The second-order valence-corrected chi connectivity index (χ2v) is 6.72. The largest absolute Gasteiger partial charge is 0.489 e. The first-order valence-electron chi connectivity index (χ1n) is 9.21. The summed E-state index contributed by atoms with van der Waals surface area (Å²) in [4.78, 5) is 21.1. The minimum Gasteiger partial charge on any atom is -0.489 e. The van der Waals surface area contributed by atoms with Gasteiger partial charge >= 0.3 is 0 Å². The number of hydrogen-bond acceptors (Lipinski definition) is 5. The third kappa shape index (κ3) is 5.30. The Balaban J connectivity index is 1.68. The average molecular weight is 376 g/mol. The number of carbonyl (C=O) groups excluding carboxylic acids is 1. The van der Waals surface area contributed by atoms with Crippen molar-refractivity contribution in [3.05, 3.63) is 77.6 Å². The quantitative estimate of drug-likeness (QED) is 0.638. The number of ether oxygens (including phenoxy) is 1. The SMILES string of the molecule is Cc1ccc(CNc2nccc(C(=O)Nc3ccccc3OC(C)C)n2)cc1. The molecule has 0 bridgehead atoms. The number of anilines is 2. The summed E-state index contributed by atoms with van der Waals surface area (Å²) >= 11 is 0. The van der Waals surface area contributed by atoms with Crippen LogP contribution in [-0.2, 0) is 6.54 Å². The predicted molar refractivity (Wildman–Crippen MR) is 111 cm³/mol. The van der Waals surface area contributed by atoms with E-state index in [2.05, 4.69) is 32.7 Å². The molecule has 1 aromatic heterocycles. The first kappa shape index (κ1) is 19.4. The molecular formula is C22H24N4O2. The van der Waals surface area contributed by atoms with Crippen LogP contribution in [0.3, 0.4) is 0 Å². The van der Waals surface area contributed by atoms with Crippen LogP contribution >= 0.6 is 0 Å². The molecule has 2 N–H and O–H groups in total. The molecule has 6 heteroatoms. The van der Waals surface area contributed by atoms with Crippen molar-refractivity contribution in [3.8, 4) is 5.75 Å². The molecule has 6 nitrogen and oxygen atoms in total. The number of nitrogens with zero attached hydrogens (tertiary/aromatic N) is 2. The van der Waals surface area contributed by atoms with Gasteiger partial charge < -0.3 is 15.4 Å². The van der Waals surface area contributed by atoms with Gasteiger partial charge in [0.2, 0.25) is 5.95 Å². The van der Waals surface area contributed by atoms with Crippen molar-refractivity contribution in [2.24, 2.45) is 0 Å². The lowest BCUT2D eigenvalue weighted by Gasteiger charge is -2.14. The van der Waals surface area contributed by atoms with Crippen LogP contribution in [0.25, 0.3) is 0 Å². The maximum atomic E-state index is 12.6. The highest BCUT2D eigenvalue weighted by molar-refractivity contribution is 6.03. The van der Waals surface area contributed by atoms with Gasteiger partial charge in [0.05, 0.1) is 11.8 Å². The van der Waals surface area contributed by atoms with Crippen LogP contribution < -0.4 is 15.4 Å². The van der Waals surface area contributed by atoms with Gasteiger partial charge in [-0.05, 0) is 44.5 Å². The molecular weight excluding hydrogens is 352 g/mol. The van der Waals surface area contributed by atoms with E-state index in [9.17, 15) is 4.79 Å². The Hall–Kier alpha value is -3.41. The Labute approximate surface area is 165 Å². The van der Waals surface area contributed by atoms with Crippen molar-refractivity contribution < 1.29 is 9.53 Å². The molecule has 0 spiro atoms. The van der Waals surface area contributed by atoms with Crippen molar-refractivity contribution in [2.75, 3.05) is 10.6 Å². The zero-order valence-corrected chi connectivity index (χ0v) is 16.3. The Bertz CT molecular complexity index is 939. The molecule has 0 atom stereocenters. The maximum absolute atomic E-state index is 12.6. The summed E-state index contributed by atoms with van der Waals surface area (Å²) in [7, 11) is 0. The van der Waals surface area contributed by atoms with Gasteiger partial charge in [-0.3, -0.25) is 4.79 Å². The molecule has 0 aliphatic carbocycles. The van der Waals surface area contributed by atoms with E-state index < -0.39 is 0 Å². The molecule has 0 aliphatic heterocycles. The smallest absolute Gasteiger partial charge is 0.274 e. The molecule has 3 aromatic rings. The van der Waals surface area contributed by atoms with Crippen LogP contribution in [0.15, 0.2) is 60.8 Å². The van der Waals surface area contributed by atoms with Gasteiger partial charge in [-0.2, -0.15) is 0 Å². The Morgan fingerprint density at radius 1 is 1.07 bits per heavy atom. The first-order chi connectivity index (χ1) is 13.5. The zero-order valence-electron chi connectivity index (χ0n) is 16.3. The van der Waals surface area contributed by atoms with E-state index in [1.54, 1.807) is 18.3 Å². The molecule has 28 heavy (non-hydrogen) atoms. The van der Waals surface area contributed by atoms with Crippen molar-refractivity contribution in [3.63, 3.8) is 0 Å². The van der Waals surface area contributed by atoms with E-state index in [4.69, 9.17) is 4.74 Å². The lowest BCUT2D eigenvalue weighted by molar-refractivity contribution is 0.102. The summed E-state index contributed by atoms with van der Waals surface area (Å²) in [5, 5.41) is 6.01. The number of aromatic nitrogens is 2. The number of rotatable bonds is 7. The fourth-order valence-corrected chi connectivity index (χ4v) is 2.57. The molecule has 144 valence electrons. The number of carbonyl (C=O) groups is 1. The molecule has 0 saturated carbocycles. The van der Waals surface area contributed by atoms with Crippen LogP contribution in [0.4, 0.5) is 11.6 Å². The number of amides is 1. The molecule has 1 heterocycles. The Kier molecular flexibility index (Phi) is 6.22. The maximum Gasteiger partial charge on any atom is 0.274 e. The molecule has 0 aliphatic rings. The number of nitrogens with one attached hydrogen (secondary N) is 2. The van der Waals surface area contributed by atoms with Crippen molar-refractivity contribution in [2.45, 2.75) is 33.4 Å². The van der Waals surface area contributed by atoms with Crippen molar-refractivity contribution >= 4 is 17.5 Å². The van der Waals surface area contributed by atoms with Crippen LogP contribution in [0.5, 0.6) is 5.75 Å². The highest BCUT2D eigenvalue weighted by Gasteiger charge is 2.12. The minimum absolute atomic E-state index is 0.00896. The monoisotopic (exact) mass is 376 g/mol. The van der Waals surface area contributed by atoms with Crippen LogP contribution in [0.2, 0.25) is 0 Å².